The van der Waals surface area contributed by atoms with Crippen LogP contribution < -0.4 is 5.73 Å². The quantitative estimate of drug-likeness (QED) is 0.644. The van der Waals surface area contributed by atoms with Gasteiger partial charge in [0.2, 0.25) is 0 Å². The summed E-state index contributed by atoms with van der Waals surface area (Å²) in [5, 5.41) is 0. The molecule has 0 aromatic heterocycles. The van der Waals surface area contributed by atoms with Gasteiger partial charge in [-0.25, -0.2) is 8.42 Å². The standard InChI is InChI=1S/C11H16BrNO3S/c1-16-6-2-3-7-17(14,15)11-5-4-9(13)8-10(11)12/h4-5,8H,2-3,6-7,13H2,1H3. The van der Waals surface area contributed by atoms with Crippen LogP contribution in [0.1, 0.15) is 12.8 Å². The zero-order chi connectivity index (χ0) is 12.9. The van der Waals surface area contributed by atoms with E-state index in [0.717, 1.165) is 6.42 Å². The average molecular weight is 322 g/mol. The van der Waals surface area contributed by atoms with Gasteiger partial charge in [0.05, 0.1) is 10.6 Å². The maximum Gasteiger partial charge on any atom is 0.179 e. The minimum absolute atomic E-state index is 0.124. The van der Waals surface area contributed by atoms with Gasteiger partial charge in [0.15, 0.2) is 9.84 Å². The molecule has 0 amide bonds. The molecule has 0 saturated heterocycles. The third kappa shape index (κ3) is 4.29. The van der Waals surface area contributed by atoms with E-state index in [1.807, 2.05) is 0 Å². The van der Waals surface area contributed by atoms with Crippen LogP contribution in [-0.4, -0.2) is 27.9 Å². The topological polar surface area (TPSA) is 69.4 Å². The molecule has 0 radical (unpaired) electrons. The Morgan fingerprint density at radius 1 is 1.35 bits per heavy atom. The summed E-state index contributed by atoms with van der Waals surface area (Å²) in [6, 6.07) is 4.72. The number of hydrogen-bond acceptors (Lipinski definition) is 4. The van der Waals surface area contributed by atoms with Gasteiger partial charge in [-0.3, -0.25) is 0 Å². The number of methoxy groups -OCH3 is 1. The molecular formula is C11H16BrNO3S. The van der Waals surface area contributed by atoms with Gasteiger partial charge in [-0.15, -0.1) is 0 Å². The Balaban J connectivity index is 2.76. The molecule has 4 nitrogen and oxygen atoms in total. The van der Waals surface area contributed by atoms with Crippen LogP contribution in [0, 0.1) is 0 Å². The Kier molecular flexibility index (Phi) is 5.42. The van der Waals surface area contributed by atoms with Crippen LogP contribution in [0.15, 0.2) is 27.6 Å². The van der Waals surface area contributed by atoms with Crippen molar-refractivity contribution in [2.24, 2.45) is 0 Å². The number of nitrogens with two attached hydrogens (primary N) is 1. The average Bonchev–Trinajstić information content (AvgIpc) is 2.24. The van der Waals surface area contributed by atoms with Crippen molar-refractivity contribution in [3.05, 3.63) is 22.7 Å². The molecule has 0 saturated carbocycles. The summed E-state index contributed by atoms with van der Waals surface area (Å²) >= 11 is 3.22. The number of nitrogen functional groups attached to an aromatic ring is 1. The van der Waals surface area contributed by atoms with E-state index in [4.69, 9.17) is 10.5 Å². The van der Waals surface area contributed by atoms with Gasteiger partial charge in [-0.05, 0) is 47.0 Å². The lowest BCUT2D eigenvalue weighted by Gasteiger charge is -2.07. The molecule has 0 bridgehead atoms. The highest BCUT2D eigenvalue weighted by atomic mass is 79.9. The number of rotatable bonds is 6. The van der Waals surface area contributed by atoms with E-state index in [0.29, 0.717) is 28.1 Å². The normalized spacial score (nSPS) is 11.6. The summed E-state index contributed by atoms with van der Waals surface area (Å²) in [5.74, 6) is 0.124. The molecule has 0 aliphatic carbocycles. The van der Waals surface area contributed by atoms with Crippen molar-refractivity contribution in [1.82, 2.24) is 0 Å². The Morgan fingerprint density at radius 2 is 2.06 bits per heavy atom. The van der Waals surface area contributed by atoms with E-state index in [2.05, 4.69) is 15.9 Å². The van der Waals surface area contributed by atoms with E-state index < -0.39 is 9.84 Å². The lowest BCUT2D eigenvalue weighted by molar-refractivity contribution is 0.194. The zero-order valence-corrected chi connectivity index (χ0v) is 12.1. The summed E-state index contributed by atoms with van der Waals surface area (Å²) < 4.78 is 29.4. The van der Waals surface area contributed by atoms with E-state index in [1.165, 1.54) is 6.07 Å². The molecule has 1 aromatic carbocycles. The van der Waals surface area contributed by atoms with Crippen LogP contribution in [0.2, 0.25) is 0 Å². The SMILES string of the molecule is COCCCCS(=O)(=O)c1ccc(N)cc1Br. The maximum absolute atomic E-state index is 12.0. The van der Waals surface area contributed by atoms with Crippen LogP contribution in [0.25, 0.3) is 0 Å². The number of benzene rings is 1. The van der Waals surface area contributed by atoms with Crippen molar-refractivity contribution >= 4 is 31.5 Å². The highest BCUT2D eigenvalue weighted by Gasteiger charge is 2.17. The summed E-state index contributed by atoms with van der Waals surface area (Å²) in [5.41, 5.74) is 6.11. The molecule has 6 heteroatoms. The van der Waals surface area contributed by atoms with Crippen molar-refractivity contribution in [3.8, 4) is 0 Å². The van der Waals surface area contributed by atoms with Crippen LogP contribution in [0.4, 0.5) is 5.69 Å². The summed E-state index contributed by atoms with van der Waals surface area (Å²) in [6.07, 6.45) is 1.33. The maximum atomic E-state index is 12.0. The molecule has 2 N–H and O–H groups in total. The molecule has 0 heterocycles. The fraction of sp³-hybridized carbons (Fsp3) is 0.455. The number of ether oxygens (including phenoxy) is 1. The minimum atomic E-state index is -3.25. The molecule has 17 heavy (non-hydrogen) atoms. The second kappa shape index (κ2) is 6.37. The van der Waals surface area contributed by atoms with Crippen LogP contribution in [0.5, 0.6) is 0 Å². The Morgan fingerprint density at radius 3 is 2.65 bits per heavy atom. The monoisotopic (exact) mass is 321 g/mol. The highest BCUT2D eigenvalue weighted by molar-refractivity contribution is 9.10. The molecule has 0 unspecified atom stereocenters. The Labute approximate surface area is 110 Å². The summed E-state index contributed by atoms with van der Waals surface area (Å²) in [6.45, 7) is 0.582. The lowest BCUT2D eigenvalue weighted by atomic mass is 10.3. The molecular weight excluding hydrogens is 306 g/mol. The van der Waals surface area contributed by atoms with E-state index in [1.54, 1.807) is 19.2 Å². The van der Waals surface area contributed by atoms with Crippen LogP contribution in [0.3, 0.4) is 0 Å². The van der Waals surface area contributed by atoms with Gasteiger partial charge in [-0.1, -0.05) is 0 Å². The first kappa shape index (κ1) is 14.5. The first-order valence-electron chi connectivity index (χ1n) is 5.24. The van der Waals surface area contributed by atoms with Crippen molar-refractivity contribution in [1.29, 1.82) is 0 Å². The molecule has 96 valence electrons. The van der Waals surface area contributed by atoms with Gasteiger partial charge in [0.1, 0.15) is 0 Å². The van der Waals surface area contributed by atoms with E-state index in [-0.39, 0.29) is 5.75 Å². The third-order valence-electron chi connectivity index (χ3n) is 2.30. The summed E-state index contributed by atoms with van der Waals surface area (Å²) in [7, 11) is -1.64. The molecule has 0 spiro atoms. The van der Waals surface area contributed by atoms with Gasteiger partial charge in [-0.2, -0.15) is 0 Å². The second-order valence-corrected chi connectivity index (χ2v) is 6.64. The van der Waals surface area contributed by atoms with Crippen molar-refractivity contribution in [2.75, 3.05) is 25.2 Å². The smallest absolute Gasteiger partial charge is 0.179 e. The first-order valence-corrected chi connectivity index (χ1v) is 7.68. The largest absolute Gasteiger partial charge is 0.399 e. The summed E-state index contributed by atoms with van der Waals surface area (Å²) in [4.78, 5) is 0.295. The van der Waals surface area contributed by atoms with E-state index in [9.17, 15) is 8.42 Å². The number of sulfone groups is 1. The molecule has 1 aromatic rings. The first-order chi connectivity index (χ1) is 7.97. The molecule has 0 aliphatic rings. The second-order valence-electron chi connectivity index (χ2n) is 3.71. The van der Waals surface area contributed by atoms with Crippen LogP contribution >= 0.6 is 15.9 Å². The zero-order valence-electron chi connectivity index (χ0n) is 9.65. The number of anilines is 1. The molecule has 0 atom stereocenters. The third-order valence-corrected chi connectivity index (χ3v) is 5.07. The minimum Gasteiger partial charge on any atom is -0.399 e. The predicted octanol–water partition coefficient (Wildman–Crippen LogP) is 2.23. The molecule has 0 fully saturated rings. The highest BCUT2D eigenvalue weighted by Crippen LogP contribution is 2.25. The Hall–Kier alpha value is -0.590. The number of halogens is 1. The van der Waals surface area contributed by atoms with Gasteiger partial charge in [0.25, 0.3) is 0 Å². The van der Waals surface area contributed by atoms with E-state index >= 15 is 0 Å². The van der Waals surface area contributed by atoms with Crippen molar-refractivity contribution in [2.45, 2.75) is 17.7 Å². The molecule has 1 rings (SSSR count). The Bertz CT molecular complexity index is 474. The van der Waals surface area contributed by atoms with Gasteiger partial charge in [0, 0.05) is 23.9 Å². The van der Waals surface area contributed by atoms with Crippen molar-refractivity contribution in [3.63, 3.8) is 0 Å². The lowest BCUT2D eigenvalue weighted by Crippen LogP contribution is -2.08. The predicted molar refractivity (Wildman–Crippen MR) is 71.7 cm³/mol. The number of unbranched alkanes of at least 4 members (excludes halogenated alkanes) is 1. The van der Waals surface area contributed by atoms with Crippen molar-refractivity contribution < 1.29 is 13.2 Å². The van der Waals surface area contributed by atoms with Gasteiger partial charge < -0.3 is 10.5 Å². The fourth-order valence-corrected chi connectivity index (χ4v) is 3.99. The van der Waals surface area contributed by atoms with Crippen LogP contribution in [-0.2, 0) is 14.6 Å². The fourth-order valence-electron chi connectivity index (χ4n) is 1.42. The number of hydrogen-bond donors (Lipinski definition) is 1. The molecule has 0 aliphatic heterocycles. The van der Waals surface area contributed by atoms with Gasteiger partial charge >= 0.3 is 0 Å².